The number of primary sulfonamides is 1. The molecule has 3 N–H and O–H groups in total. The number of hydrogen-bond acceptors (Lipinski definition) is 4. The molecule has 2 aromatic rings. The average molecular weight is 308 g/mol. The maximum atomic E-state index is 12.0. The minimum absolute atomic E-state index is 0.0383. The summed E-state index contributed by atoms with van der Waals surface area (Å²) in [7, 11) is -1.98. The van der Waals surface area contributed by atoms with Crippen LogP contribution in [0.15, 0.2) is 41.7 Å². The Balaban J connectivity index is 2.12. The Morgan fingerprint density at radius 2 is 1.95 bits per heavy atom. The predicted octanol–water partition coefficient (Wildman–Crippen LogP) is 0.559. The highest BCUT2D eigenvalue weighted by Gasteiger charge is 2.15. The summed E-state index contributed by atoms with van der Waals surface area (Å²) in [5.74, 6) is -0.252. The first kappa shape index (κ1) is 15.2. The van der Waals surface area contributed by atoms with Crippen molar-refractivity contribution in [3.63, 3.8) is 0 Å². The number of nitrogens with zero attached hydrogens (tertiary/aromatic N) is 2. The number of carbonyl (C=O) groups is 1. The number of amides is 1. The average Bonchev–Trinajstić information content (AvgIpc) is 2.84. The number of aryl methyl sites for hydroxylation is 1. The highest BCUT2D eigenvalue weighted by molar-refractivity contribution is 7.89. The molecule has 0 fully saturated rings. The Hall–Kier alpha value is -2.19. The van der Waals surface area contributed by atoms with Gasteiger partial charge in [-0.15, -0.1) is 0 Å². The number of rotatable bonds is 4. The summed E-state index contributed by atoms with van der Waals surface area (Å²) in [5, 5.41) is 7.85. The summed E-state index contributed by atoms with van der Waals surface area (Å²) in [6.45, 7) is 1.81. The van der Waals surface area contributed by atoms with Gasteiger partial charge in [0.1, 0.15) is 5.69 Å². The van der Waals surface area contributed by atoms with Gasteiger partial charge in [0.15, 0.2) is 0 Å². The Bertz CT molecular complexity index is 750. The molecule has 8 heteroatoms. The smallest absolute Gasteiger partial charge is 0.270 e. The van der Waals surface area contributed by atoms with E-state index >= 15 is 0 Å². The Kier molecular flexibility index (Phi) is 4.10. The molecule has 1 atom stereocenters. The number of imidazole rings is 1. The maximum Gasteiger partial charge on any atom is 0.270 e. The minimum atomic E-state index is -3.71. The van der Waals surface area contributed by atoms with E-state index in [2.05, 4.69) is 10.3 Å². The van der Waals surface area contributed by atoms with Crippen LogP contribution in [0.2, 0.25) is 0 Å². The first-order valence-electron chi connectivity index (χ1n) is 6.19. The van der Waals surface area contributed by atoms with Gasteiger partial charge in [0.2, 0.25) is 10.0 Å². The molecule has 0 saturated heterocycles. The summed E-state index contributed by atoms with van der Waals surface area (Å²) in [6, 6.07) is 5.79. The van der Waals surface area contributed by atoms with Gasteiger partial charge < -0.3 is 9.88 Å². The van der Waals surface area contributed by atoms with E-state index in [1.807, 2.05) is 0 Å². The summed E-state index contributed by atoms with van der Waals surface area (Å²) in [5.41, 5.74) is 1.22. The van der Waals surface area contributed by atoms with Crippen molar-refractivity contribution < 1.29 is 13.2 Å². The molecule has 2 rings (SSSR count). The standard InChI is InChI=1S/C13H16N4O3S/c1-9(16-13(18)12-7-15-8-17(12)2)10-3-5-11(6-4-10)21(14,19)20/h3-9H,1-2H3,(H,16,18)(H2,14,19,20). The molecule has 1 unspecified atom stereocenters. The van der Waals surface area contributed by atoms with Crippen LogP contribution >= 0.6 is 0 Å². The van der Waals surface area contributed by atoms with Crippen LogP contribution in [-0.4, -0.2) is 23.9 Å². The van der Waals surface area contributed by atoms with Gasteiger partial charge in [-0.3, -0.25) is 4.79 Å². The first-order valence-corrected chi connectivity index (χ1v) is 7.73. The zero-order valence-electron chi connectivity index (χ0n) is 11.6. The SMILES string of the molecule is CC(NC(=O)c1cncn1C)c1ccc(S(N)(=O)=O)cc1. The summed E-state index contributed by atoms with van der Waals surface area (Å²) < 4.78 is 24.0. The molecule has 1 aromatic carbocycles. The Labute approximate surface area is 122 Å². The third-order valence-corrected chi connectivity index (χ3v) is 4.03. The molecule has 21 heavy (non-hydrogen) atoms. The molecule has 1 heterocycles. The highest BCUT2D eigenvalue weighted by atomic mass is 32.2. The van der Waals surface area contributed by atoms with Crippen molar-refractivity contribution >= 4 is 15.9 Å². The fourth-order valence-electron chi connectivity index (χ4n) is 1.88. The van der Waals surface area contributed by atoms with Crippen LogP contribution in [-0.2, 0) is 17.1 Å². The number of benzene rings is 1. The van der Waals surface area contributed by atoms with E-state index in [-0.39, 0.29) is 16.8 Å². The van der Waals surface area contributed by atoms with E-state index in [1.54, 1.807) is 37.0 Å². The molecule has 7 nitrogen and oxygen atoms in total. The topological polar surface area (TPSA) is 107 Å². The summed E-state index contributed by atoms with van der Waals surface area (Å²) in [4.78, 5) is 16.0. The number of carbonyl (C=O) groups excluding carboxylic acids is 1. The van der Waals surface area contributed by atoms with Crippen LogP contribution in [0.25, 0.3) is 0 Å². The van der Waals surface area contributed by atoms with Gasteiger partial charge >= 0.3 is 0 Å². The zero-order chi connectivity index (χ0) is 15.6. The molecule has 112 valence electrons. The molecule has 0 aliphatic rings. The quantitative estimate of drug-likeness (QED) is 0.860. The van der Waals surface area contributed by atoms with Crippen molar-refractivity contribution in [2.45, 2.75) is 17.9 Å². The van der Waals surface area contributed by atoms with Crippen molar-refractivity contribution in [3.05, 3.63) is 48.0 Å². The number of sulfonamides is 1. The van der Waals surface area contributed by atoms with Gasteiger partial charge in [-0.1, -0.05) is 12.1 Å². The lowest BCUT2D eigenvalue weighted by atomic mass is 10.1. The monoisotopic (exact) mass is 308 g/mol. The van der Waals surface area contributed by atoms with Gasteiger partial charge in [0.25, 0.3) is 5.91 Å². The van der Waals surface area contributed by atoms with Crippen LogP contribution in [0.4, 0.5) is 0 Å². The number of nitrogens with two attached hydrogens (primary N) is 1. The number of hydrogen-bond donors (Lipinski definition) is 2. The van der Waals surface area contributed by atoms with Crippen LogP contribution in [0, 0.1) is 0 Å². The fraction of sp³-hybridized carbons (Fsp3) is 0.231. The van der Waals surface area contributed by atoms with Crippen LogP contribution in [0.3, 0.4) is 0 Å². The van der Waals surface area contributed by atoms with Gasteiger partial charge in [-0.05, 0) is 24.6 Å². The van der Waals surface area contributed by atoms with E-state index < -0.39 is 10.0 Å². The van der Waals surface area contributed by atoms with E-state index in [1.165, 1.54) is 18.3 Å². The minimum Gasteiger partial charge on any atom is -0.344 e. The first-order chi connectivity index (χ1) is 9.79. The van der Waals surface area contributed by atoms with Crippen molar-refractivity contribution in [2.24, 2.45) is 12.2 Å². The number of aromatic nitrogens is 2. The Morgan fingerprint density at radius 1 is 1.33 bits per heavy atom. The second-order valence-corrected chi connectivity index (χ2v) is 6.26. The summed E-state index contributed by atoms with van der Waals surface area (Å²) in [6.07, 6.45) is 3.02. The lowest BCUT2D eigenvalue weighted by Crippen LogP contribution is -2.28. The normalized spacial score (nSPS) is 12.9. The molecule has 0 aliphatic carbocycles. The highest BCUT2D eigenvalue weighted by Crippen LogP contribution is 2.16. The largest absolute Gasteiger partial charge is 0.344 e. The van der Waals surface area contributed by atoms with E-state index in [9.17, 15) is 13.2 Å². The molecule has 0 radical (unpaired) electrons. The molecule has 0 saturated carbocycles. The zero-order valence-corrected chi connectivity index (χ0v) is 12.5. The lowest BCUT2D eigenvalue weighted by Gasteiger charge is -2.14. The second kappa shape index (κ2) is 5.66. The predicted molar refractivity (Wildman–Crippen MR) is 76.9 cm³/mol. The van der Waals surface area contributed by atoms with E-state index in [4.69, 9.17) is 5.14 Å². The molecule has 1 amide bonds. The van der Waals surface area contributed by atoms with Crippen LogP contribution in [0.1, 0.15) is 29.0 Å². The van der Waals surface area contributed by atoms with Crippen molar-refractivity contribution in [1.29, 1.82) is 0 Å². The van der Waals surface area contributed by atoms with E-state index in [0.29, 0.717) is 5.69 Å². The van der Waals surface area contributed by atoms with Gasteiger partial charge in [0, 0.05) is 7.05 Å². The molecule has 0 spiro atoms. The van der Waals surface area contributed by atoms with Gasteiger partial charge in [-0.2, -0.15) is 0 Å². The van der Waals surface area contributed by atoms with Crippen molar-refractivity contribution in [3.8, 4) is 0 Å². The molecular weight excluding hydrogens is 292 g/mol. The maximum absolute atomic E-state index is 12.0. The second-order valence-electron chi connectivity index (χ2n) is 4.70. The third kappa shape index (κ3) is 3.47. The third-order valence-electron chi connectivity index (χ3n) is 3.11. The van der Waals surface area contributed by atoms with Crippen LogP contribution < -0.4 is 10.5 Å². The molecule has 0 bridgehead atoms. The van der Waals surface area contributed by atoms with Gasteiger partial charge in [0.05, 0.1) is 23.5 Å². The Morgan fingerprint density at radius 3 is 2.43 bits per heavy atom. The number of nitrogens with one attached hydrogen (secondary N) is 1. The van der Waals surface area contributed by atoms with Gasteiger partial charge in [-0.25, -0.2) is 18.5 Å². The molecular formula is C13H16N4O3S. The van der Waals surface area contributed by atoms with Crippen molar-refractivity contribution in [2.75, 3.05) is 0 Å². The lowest BCUT2D eigenvalue weighted by molar-refractivity contribution is 0.0931. The fourth-order valence-corrected chi connectivity index (χ4v) is 2.39. The molecule has 1 aromatic heterocycles. The van der Waals surface area contributed by atoms with E-state index in [0.717, 1.165) is 5.56 Å². The van der Waals surface area contributed by atoms with Crippen molar-refractivity contribution in [1.82, 2.24) is 14.9 Å². The summed E-state index contributed by atoms with van der Waals surface area (Å²) >= 11 is 0. The van der Waals surface area contributed by atoms with Crippen LogP contribution in [0.5, 0.6) is 0 Å². The molecule has 0 aliphatic heterocycles.